The van der Waals surface area contributed by atoms with E-state index in [-0.39, 0.29) is 0 Å². The monoisotopic (exact) mass is 86.0 g/mol. The van der Waals surface area contributed by atoms with Crippen LogP contribution in [-0.4, -0.2) is 5.87 Å². The zero-order valence-electron chi connectivity index (χ0n) is 2.91. The molecule has 1 radical (unpaired) electrons. The molecule has 0 atom stereocenters. The van der Waals surface area contributed by atoms with E-state index in [4.69, 9.17) is 5.41 Å². The zero-order chi connectivity index (χ0) is 4.28. The number of allylic oxidation sites excluding steroid dienone is 1. The summed E-state index contributed by atoms with van der Waals surface area (Å²) in [5.74, 6) is 2.01. The molecule has 0 unspecified atom stereocenters. The Kier molecular flexibility index (Phi) is 1.81. The molecule has 0 aliphatic carbocycles. The van der Waals surface area contributed by atoms with Gasteiger partial charge >= 0.3 is 0 Å². The SMILES string of the molecule is CC([S])=C=N. The first-order valence-corrected chi connectivity index (χ1v) is 1.61. The zero-order valence-corrected chi connectivity index (χ0v) is 3.72. The first kappa shape index (κ1) is 4.67. The molecule has 0 heterocycles. The second kappa shape index (κ2) is 1.94. The maximum absolute atomic E-state index is 6.27. The van der Waals surface area contributed by atoms with Gasteiger partial charge in [0.05, 0.1) is 4.91 Å². The summed E-state index contributed by atoms with van der Waals surface area (Å²) in [6, 6.07) is 0. The van der Waals surface area contributed by atoms with Crippen molar-refractivity contribution in [1.29, 1.82) is 5.41 Å². The van der Waals surface area contributed by atoms with Crippen LogP contribution in [-0.2, 0) is 0 Å². The highest BCUT2D eigenvalue weighted by molar-refractivity contribution is 7.84. The third kappa shape index (κ3) is 3.67. The molecule has 1 N–H and O–H groups in total. The van der Waals surface area contributed by atoms with Crippen LogP contribution in [0.5, 0.6) is 0 Å². The Bertz CT molecular complexity index is 67.0. The van der Waals surface area contributed by atoms with Crippen molar-refractivity contribution < 1.29 is 0 Å². The Morgan fingerprint density at radius 2 is 2.20 bits per heavy atom. The minimum absolute atomic E-state index is 0.505. The van der Waals surface area contributed by atoms with Gasteiger partial charge in [0, 0.05) is 0 Å². The van der Waals surface area contributed by atoms with Crippen LogP contribution < -0.4 is 0 Å². The Morgan fingerprint density at radius 3 is 2.20 bits per heavy atom. The van der Waals surface area contributed by atoms with Gasteiger partial charge in [0.1, 0.15) is 0 Å². The molecule has 0 fully saturated rings. The number of nitrogens with one attached hydrogen (secondary N) is 1. The normalized spacial score (nSPS) is 5.80. The van der Waals surface area contributed by atoms with E-state index >= 15 is 0 Å². The molecule has 0 aliphatic rings. The van der Waals surface area contributed by atoms with Crippen molar-refractivity contribution in [3.63, 3.8) is 0 Å². The molecule has 5 heavy (non-hydrogen) atoms. The van der Waals surface area contributed by atoms with Gasteiger partial charge in [0.15, 0.2) is 0 Å². The molecule has 0 saturated carbocycles. The molecule has 1 nitrogen and oxygen atoms in total. The van der Waals surface area contributed by atoms with Crippen LogP contribution in [0.2, 0.25) is 0 Å². The van der Waals surface area contributed by atoms with Gasteiger partial charge in [-0.05, 0) is 12.8 Å². The summed E-state index contributed by atoms with van der Waals surface area (Å²) < 4.78 is 0. The van der Waals surface area contributed by atoms with E-state index in [1.165, 1.54) is 0 Å². The second-order valence-corrected chi connectivity index (χ2v) is 1.29. The Hall–Kier alpha value is -0.330. The van der Waals surface area contributed by atoms with Crippen molar-refractivity contribution in [2.75, 3.05) is 0 Å². The van der Waals surface area contributed by atoms with Crippen LogP contribution in [0.4, 0.5) is 0 Å². The molecule has 0 aromatic carbocycles. The maximum atomic E-state index is 6.27. The minimum Gasteiger partial charge on any atom is -0.258 e. The average Bonchev–Trinajstić information content (AvgIpc) is 1.38. The topological polar surface area (TPSA) is 23.9 Å². The Labute approximate surface area is 36.6 Å². The molecule has 0 aromatic rings. The molecule has 0 aromatic heterocycles. The van der Waals surface area contributed by atoms with E-state index < -0.39 is 0 Å². The lowest BCUT2D eigenvalue weighted by Gasteiger charge is -1.61. The highest BCUT2D eigenvalue weighted by Crippen LogP contribution is 1.85. The van der Waals surface area contributed by atoms with Crippen LogP contribution in [0.15, 0.2) is 4.91 Å². The van der Waals surface area contributed by atoms with Crippen LogP contribution in [0.25, 0.3) is 0 Å². The summed E-state index contributed by atoms with van der Waals surface area (Å²) in [5, 5.41) is 6.27. The first-order chi connectivity index (χ1) is 2.27. The van der Waals surface area contributed by atoms with E-state index in [1.807, 2.05) is 5.87 Å². The van der Waals surface area contributed by atoms with Gasteiger partial charge in [0.2, 0.25) is 0 Å². The Balaban J connectivity index is 3.60. The Morgan fingerprint density at radius 1 is 2.00 bits per heavy atom. The van der Waals surface area contributed by atoms with Gasteiger partial charge in [0.25, 0.3) is 0 Å². The first-order valence-electron chi connectivity index (χ1n) is 1.20. The predicted octanol–water partition coefficient (Wildman–Crippen LogP) is 1.34. The van der Waals surface area contributed by atoms with E-state index in [9.17, 15) is 0 Å². The molecular formula is C3H4NS. The largest absolute Gasteiger partial charge is 0.258 e. The van der Waals surface area contributed by atoms with Crippen LogP contribution in [0.1, 0.15) is 6.92 Å². The number of hydrogen-bond donors (Lipinski definition) is 1. The van der Waals surface area contributed by atoms with E-state index in [0.29, 0.717) is 4.91 Å². The number of rotatable bonds is 0. The van der Waals surface area contributed by atoms with Gasteiger partial charge in [-0.1, -0.05) is 12.6 Å². The minimum atomic E-state index is 0.505. The fourth-order valence-corrected chi connectivity index (χ4v) is 0. The van der Waals surface area contributed by atoms with Gasteiger partial charge in [-0.15, -0.1) is 0 Å². The third-order valence-corrected chi connectivity index (χ3v) is 0.278. The van der Waals surface area contributed by atoms with Crippen molar-refractivity contribution >= 4 is 18.5 Å². The smallest absolute Gasteiger partial charge is 0.0726 e. The molecule has 0 amide bonds. The molecule has 0 bridgehead atoms. The number of hydrogen-bond acceptors (Lipinski definition) is 1. The lowest BCUT2D eigenvalue weighted by molar-refractivity contribution is 1.57. The van der Waals surface area contributed by atoms with Gasteiger partial charge in [-0.3, -0.25) is 5.41 Å². The van der Waals surface area contributed by atoms with E-state index in [2.05, 4.69) is 12.6 Å². The van der Waals surface area contributed by atoms with Crippen molar-refractivity contribution in [2.45, 2.75) is 6.92 Å². The van der Waals surface area contributed by atoms with Crippen LogP contribution in [0, 0.1) is 5.41 Å². The quantitative estimate of drug-likeness (QED) is 0.430. The van der Waals surface area contributed by atoms with Crippen molar-refractivity contribution in [1.82, 2.24) is 0 Å². The van der Waals surface area contributed by atoms with Crippen LogP contribution in [0.3, 0.4) is 0 Å². The van der Waals surface area contributed by atoms with Gasteiger partial charge in [-0.25, -0.2) is 0 Å². The molecule has 0 aliphatic heterocycles. The molecule has 2 heteroatoms. The molecule has 0 rings (SSSR count). The highest BCUT2D eigenvalue weighted by Gasteiger charge is 1.63. The lowest BCUT2D eigenvalue weighted by Crippen LogP contribution is -1.49. The summed E-state index contributed by atoms with van der Waals surface area (Å²) in [4.78, 5) is 0.505. The molecule has 27 valence electrons. The summed E-state index contributed by atoms with van der Waals surface area (Å²) in [6.45, 7) is 1.66. The fraction of sp³-hybridized carbons (Fsp3) is 0.333. The second-order valence-electron chi connectivity index (χ2n) is 0.681. The van der Waals surface area contributed by atoms with Gasteiger partial charge in [-0.2, -0.15) is 0 Å². The van der Waals surface area contributed by atoms with Crippen molar-refractivity contribution in [3.05, 3.63) is 4.91 Å². The summed E-state index contributed by atoms with van der Waals surface area (Å²) in [5.41, 5.74) is 0. The highest BCUT2D eigenvalue weighted by atomic mass is 32.1. The van der Waals surface area contributed by atoms with Crippen molar-refractivity contribution in [2.24, 2.45) is 0 Å². The molecule has 0 spiro atoms. The standard InChI is InChI=1S/C3H4NS/c1-3(5)2-4/h4H,1H3. The average molecular weight is 86.1 g/mol. The molecular weight excluding hydrogens is 82.1 g/mol. The van der Waals surface area contributed by atoms with E-state index in [1.54, 1.807) is 6.92 Å². The lowest BCUT2D eigenvalue weighted by atomic mass is 10.7. The predicted molar refractivity (Wildman–Crippen MR) is 24.5 cm³/mol. The van der Waals surface area contributed by atoms with E-state index in [0.717, 1.165) is 0 Å². The van der Waals surface area contributed by atoms with Crippen LogP contribution >= 0.6 is 12.6 Å². The third-order valence-electron chi connectivity index (χ3n) is 0.176. The van der Waals surface area contributed by atoms with Gasteiger partial charge < -0.3 is 0 Å². The van der Waals surface area contributed by atoms with Crippen molar-refractivity contribution in [3.8, 4) is 0 Å². The summed E-state index contributed by atoms with van der Waals surface area (Å²) in [6.07, 6.45) is 0. The maximum Gasteiger partial charge on any atom is 0.0726 e. The molecule has 0 saturated heterocycles. The summed E-state index contributed by atoms with van der Waals surface area (Å²) >= 11 is 4.40. The fourth-order valence-electron chi connectivity index (χ4n) is 0. The summed E-state index contributed by atoms with van der Waals surface area (Å²) in [7, 11) is 0.